The summed E-state index contributed by atoms with van der Waals surface area (Å²) in [5, 5.41) is 9.25. The van der Waals surface area contributed by atoms with Crippen LogP contribution in [0.2, 0.25) is 0 Å². The van der Waals surface area contributed by atoms with E-state index in [2.05, 4.69) is 0 Å². The van der Waals surface area contributed by atoms with Gasteiger partial charge in [-0.25, -0.2) is 8.42 Å². The maximum atomic E-state index is 12.1. The lowest BCUT2D eigenvalue weighted by molar-refractivity contribution is 0.187. The third kappa shape index (κ3) is 4.58. The lowest BCUT2D eigenvalue weighted by atomic mass is 9.89. The van der Waals surface area contributed by atoms with Crippen LogP contribution in [-0.2, 0) is 16.3 Å². The van der Waals surface area contributed by atoms with E-state index < -0.39 is 9.84 Å². The van der Waals surface area contributed by atoms with Crippen molar-refractivity contribution < 1.29 is 13.5 Å². The largest absolute Gasteiger partial charge is 0.396 e. The molecule has 2 unspecified atom stereocenters. The smallest absolute Gasteiger partial charge is 0.178 e. The number of nitrogens with two attached hydrogens (primary N) is 1. The van der Waals surface area contributed by atoms with Crippen LogP contribution in [0.1, 0.15) is 25.8 Å². The maximum Gasteiger partial charge on any atom is 0.178 e. The highest BCUT2D eigenvalue weighted by Gasteiger charge is 2.17. The average molecular weight is 299 g/mol. The molecule has 0 aliphatic rings. The van der Waals surface area contributed by atoms with Crippen LogP contribution in [0.15, 0.2) is 29.2 Å². The van der Waals surface area contributed by atoms with Crippen LogP contribution >= 0.6 is 0 Å². The van der Waals surface area contributed by atoms with Gasteiger partial charge in [0.05, 0.1) is 10.6 Å². The minimum Gasteiger partial charge on any atom is -0.396 e. The number of hydrogen-bond acceptors (Lipinski definition) is 4. The summed E-state index contributed by atoms with van der Waals surface area (Å²) in [6.07, 6.45) is 1.33. The van der Waals surface area contributed by atoms with E-state index in [-0.39, 0.29) is 24.2 Å². The van der Waals surface area contributed by atoms with E-state index in [1.54, 1.807) is 18.2 Å². The van der Waals surface area contributed by atoms with Crippen LogP contribution < -0.4 is 5.73 Å². The second kappa shape index (κ2) is 7.76. The fraction of sp³-hybridized carbons (Fsp3) is 0.600. The van der Waals surface area contributed by atoms with E-state index in [4.69, 9.17) is 5.73 Å². The fourth-order valence-electron chi connectivity index (χ4n) is 2.28. The molecule has 20 heavy (non-hydrogen) atoms. The van der Waals surface area contributed by atoms with E-state index >= 15 is 0 Å². The molecule has 0 aromatic heterocycles. The standard InChI is InChI=1S/C15H25NO3S/c1-3-7-20(18,19)15-6-4-5-13(9-15)8-12(2)14(10-16)11-17/h4-6,9,12,14,17H,3,7-8,10-11,16H2,1-2H3. The number of benzene rings is 1. The van der Waals surface area contributed by atoms with Crippen molar-refractivity contribution >= 4 is 9.84 Å². The molecular formula is C15H25NO3S. The number of rotatable bonds is 8. The molecule has 0 spiro atoms. The van der Waals surface area contributed by atoms with Gasteiger partial charge in [0.1, 0.15) is 0 Å². The third-order valence-corrected chi connectivity index (χ3v) is 5.55. The van der Waals surface area contributed by atoms with Gasteiger partial charge < -0.3 is 10.8 Å². The molecule has 1 rings (SSSR count). The first kappa shape index (κ1) is 17.1. The predicted octanol–water partition coefficient (Wildman–Crippen LogP) is 1.62. The summed E-state index contributed by atoms with van der Waals surface area (Å²) in [7, 11) is -3.17. The van der Waals surface area contributed by atoms with Crippen LogP contribution in [0.4, 0.5) is 0 Å². The molecule has 0 saturated carbocycles. The molecule has 3 N–H and O–H groups in total. The highest BCUT2D eigenvalue weighted by molar-refractivity contribution is 7.91. The van der Waals surface area contributed by atoms with E-state index in [1.165, 1.54) is 0 Å². The zero-order valence-electron chi connectivity index (χ0n) is 12.2. The van der Waals surface area contributed by atoms with Crippen LogP contribution in [0.5, 0.6) is 0 Å². The number of hydrogen-bond donors (Lipinski definition) is 2. The molecule has 0 aliphatic carbocycles. The summed E-state index contributed by atoms with van der Waals surface area (Å²) < 4.78 is 24.1. The van der Waals surface area contributed by atoms with Crippen molar-refractivity contribution in [2.75, 3.05) is 18.9 Å². The molecule has 2 atom stereocenters. The quantitative estimate of drug-likeness (QED) is 0.764. The number of aliphatic hydroxyl groups excluding tert-OH is 1. The Labute approximate surface area is 121 Å². The van der Waals surface area contributed by atoms with Crippen LogP contribution in [0, 0.1) is 11.8 Å². The Balaban J connectivity index is 2.89. The van der Waals surface area contributed by atoms with Gasteiger partial charge in [-0.15, -0.1) is 0 Å². The molecule has 0 bridgehead atoms. The Morgan fingerprint density at radius 2 is 2.05 bits per heavy atom. The lowest BCUT2D eigenvalue weighted by Gasteiger charge is -2.20. The molecule has 5 heteroatoms. The van der Waals surface area contributed by atoms with Crippen molar-refractivity contribution in [1.29, 1.82) is 0 Å². The molecule has 0 radical (unpaired) electrons. The van der Waals surface area contributed by atoms with Crippen molar-refractivity contribution in [3.8, 4) is 0 Å². The summed E-state index contributed by atoms with van der Waals surface area (Å²) >= 11 is 0. The van der Waals surface area contributed by atoms with Gasteiger partial charge in [0.2, 0.25) is 0 Å². The molecule has 4 nitrogen and oxygen atoms in total. The second-order valence-electron chi connectivity index (χ2n) is 5.33. The highest BCUT2D eigenvalue weighted by Crippen LogP contribution is 2.20. The van der Waals surface area contributed by atoms with Crippen molar-refractivity contribution in [2.24, 2.45) is 17.6 Å². The molecule has 1 aromatic rings. The number of sulfone groups is 1. The zero-order chi connectivity index (χ0) is 15.2. The minimum atomic E-state index is -3.17. The molecule has 0 fully saturated rings. The van der Waals surface area contributed by atoms with Gasteiger partial charge >= 0.3 is 0 Å². The normalized spacial score (nSPS) is 15.0. The van der Waals surface area contributed by atoms with Gasteiger partial charge in [-0.3, -0.25) is 0 Å². The van der Waals surface area contributed by atoms with Gasteiger partial charge in [-0.1, -0.05) is 26.0 Å². The van der Waals surface area contributed by atoms with Gasteiger partial charge in [0, 0.05) is 6.61 Å². The Hall–Kier alpha value is -0.910. The Morgan fingerprint density at radius 3 is 2.60 bits per heavy atom. The maximum absolute atomic E-state index is 12.1. The van der Waals surface area contributed by atoms with E-state index in [0.29, 0.717) is 17.9 Å². The minimum absolute atomic E-state index is 0.0471. The Bertz CT molecular complexity index is 510. The summed E-state index contributed by atoms with van der Waals surface area (Å²) in [6, 6.07) is 7.09. The molecule has 0 heterocycles. The van der Waals surface area contributed by atoms with Gasteiger partial charge in [-0.05, 0) is 48.9 Å². The molecular weight excluding hydrogens is 274 g/mol. The SMILES string of the molecule is CCCS(=O)(=O)c1cccc(CC(C)C(CN)CO)c1. The van der Waals surface area contributed by atoms with E-state index in [0.717, 1.165) is 12.0 Å². The number of aliphatic hydroxyl groups is 1. The topological polar surface area (TPSA) is 80.4 Å². The highest BCUT2D eigenvalue weighted by atomic mass is 32.2. The summed E-state index contributed by atoms with van der Waals surface area (Å²) in [5.41, 5.74) is 6.59. The molecule has 0 saturated heterocycles. The van der Waals surface area contributed by atoms with Crippen LogP contribution in [0.3, 0.4) is 0 Å². The first-order chi connectivity index (χ1) is 9.44. The first-order valence-electron chi connectivity index (χ1n) is 7.07. The third-order valence-electron chi connectivity index (χ3n) is 3.63. The lowest BCUT2D eigenvalue weighted by Crippen LogP contribution is -2.26. The fourth-order valence-corrected chi connectivity index (χ4v) is 3.67. The molecule has 0 amide bonds. The van der Waals surface area contributed by atoms with Crippen molar-refractivity contribution in [1.82, 2.24) is 0 Å². The first-order valence-corrected chi connectivity index (χ1v) is 8.72. The van der Waals surface area contributed by atoms with Crippen molar-refractivity contribution in [2.45, 2.75) is 31.6 Å². The molecule has 114 valence electrons. The zero-order valence-corrected chi connectivity index (χ0v) is 13.1. The van der Waals surface area contributed by atoms with Gasteiger partial charge in [-0.2, -0.15) is 0 Å². The Morgan fingerprint density at radius 1 is 1.35 bits per heavy atom. The summed E-state index contributed by atoms with van der Waals surface area (Å²) in [4.78, 5) is 0.386. The van der Waals surface area contributed by atoms with E-state index in [1.807, 2.05) is 19.9 Å². The van der Waals surface area contributed by atoms with Crippen molar-refractivity contribution in [3.05, 3.63) is 29.8 Å². The van der Waals surface area contributed by atoms with Crippen LogP contribution in [0.25, 0.3) is 0 Å². The van der Waals surface area contributed by atoms with Gasteiger partial charge in [0.15, 0.2) is 9.84 Å². The second-order valence-corrected chi connectivity index (χ2v) is 7.44. The monoisotopic (exact) mass is 299 g/mol. The summed E-state index contributed by atoms with van der Waals surface area (Å²) in [6.45, 7) is 4.38. The van der Waals surface area contributed by atoms with Gasteiger partial charge in [0.25, 0.3) is 0 Å². The van der Waals surface area contributed by atoms with E-state index in [9.17, 15) is 13.5 Å². The predicted molar refractivity (Wildman–Crippen MR) is 81.3 cm³/mol. The Kier molecular flexibility index (Phi) is 6.65. The molecule has 0 aliphatic heterocycles. The van der Waals surface area contributed by atoms with Crippen LogP contribution in [-0.4, -0.2) is 32.4 Å². The van der Waals surface area contributed by atoms with Crippen molar-refractivity contribution in [3.63, 3.8) is 0 Å². The summed E-state index contributed by atoms with van der Waals surface area (Å²) in [5.74, 6) is 0.439. The average Bonchev–Trinajstić information content (AvgIpc) is 2.40. The molecule has 1 aromatic carbocycles.